The number of hydrogen-bond donors (Lipinski definition) is 0. The van der Waals surface area contributed by atoms with E-state index in [1.807, 2.05) is 13.8 Å². The number of hydrogen-bond acceptors (Lipinski definition) is 3. The molecule has 0 spiro atoms. The summed E-state index contributed by atoms with van der Waals surface area (Å²) in [5.74, 6) is 0.643. The van der Waals surface area contributed by atoms with E-state index in [4.69, 9.17) is 16.3 Å². The molecule has 2 aromatic rings. The predicted molar refractivity (Wildman–Crippen MR) is 67.1 cm³/mol. The van der Waals surface area contributed by atoms with Crippen molar-refractivity contribution in [1.82, 2.24) is 9.38 Å². The summed E-state index contributed by atoms with van der Waals surface area (Å²) >= 11 is 6.02. The van der Waals surface area contributed by atoms with E-state index in [1.54, 1.807) is 25.4 Å². The number of nitrogens with zero attached hydrogens (tertiary/aromatic N) is 2. The lowest BCUT2D eigenvalue weighted by molar-refractivity contribution is 0.412. The van der Waals surface area contributed by atoms with Gasteiger partial charge in [0.15, 0.2) is 0 Å². The molecule has 0 fully saturated rings. The minimum Gasteiger partial charge on any atom is -0.495 e. The summed E-state index contributed by atoms with van der Waals surface area (Å²) in [5, 5.41) is 0.273. The lowest BCUT2D eigenvalue weighted by atomic mass is 10.1. The number of aromatic nitrogens is 2. The fourth-order valence-electron chi connectivity index (χ4n) is 1.71. The SMILES string of the molecule is COc1ccc2nc(Cl)c(C(C)C)c(=O)n2c1. The van der Waals surface area contributed by atoms with Crippen LogP contribution in [0, 0.1) is 0 Å². The molecule has 2 heterocycles. The van der Waals surface area contributed by atoms with Crippen LogP contribution in [-0.2, 0) is 0 Å². The van der Waals surface area contributed by atoms with E-state index in [-0.39, 0.29) is 16.6 Å². The van der Waals surface area contributed by atoms with Crippen LogP contribution in [0.2, 0.25) is 5.15 Å². The summed E-state index contributed by atoms with van der Waals surface area (Å²) in [6.45, 7) is 3.83. The number of pyridine rings is 1. The van der Waals surface area contributed by atoms with Gasteiger partial charge in [-0.25, -0.2) is 4.98 Å². The van der Waals surface area contributed by atoms with Crippen LogP contribution >= 0.6 is 11.6 Å². The Hall–Kier alpha value is -1.55. The Labute approximate surface area is 104 Å². The van der Waals surface area contributed by atoms with E-state index < -0.39 is 0 Å². The van der Waals surface area contributed by atoms with Crippen molar-refractivity contribution >= 4 is 17.2 Å². The molecule has 90 valence electrons. The van der Waals surface area contributed by atoms with Gasteiger partial charge in [-0.05, 0) is 18.1 Å². The monoisotopic (exact) mass is 252 g/mol. The van der Waals surface area contributed by atoms with Crippen molar-refractivity contribution in [3.05, 3.63) is 39.4 Å². The van der Waals surface area contributed by atoms with Crippen molar-refractivity contribution in [3.63, 3.8) is 0 Å². The highest BCUT2D eigenvalue weighted by atomic mass is 35.5. The quantitative estimate of drug-likeness (QED) is 0.772. The third-order valence-corrected chi connectivity index (χ3v) is 2.89. The molecule has 0 bridgehead atoms. The third-order valence-electron chi connectivity index (χ3n) is 2.60. The summed E-state index contributed by atoms with van der Waals surface area (Å²) in [5.41, 5.74) is 0.900. The van der Waals surface area contributed by atoms with Crippen LogP contribution in [0.4, 0.5) is 0 Å². The molecule has 5 heteroatoms. The first-order valence-corrected chi connectivity index (χ1v) is 5.68. The van der Waals surface area contributed by atoms with Crippen molar-refractivity contribution in [2.24, 2.45) is 0 Å². The minimum absolute atomic E-state index is 0.0330. The molecule has 17 heavy (non-hydrogen) atoms. The van der Waals surface area contributed by atoms with E-state index in [9.17, 15) is 4.79 Å². The zero-order chi connectivity index (χ0) is 12.6. The predicted octanol–water partition coefficient (Wildman–Crippen LogP) is 2.48. The molecule has 2 aromatic heterocycles. The lowest BCUT2D eigenvalue weighted by Gasteiger charge is -2.10. The van der Waals surface area contributed by atoms with Crippen molar-refractivity contribution in [2.45, 2.75) is 19.8 Å². The van der Waals surface area contributed by atoms with Crippen molar-refractivity contribution < 1.29 is 4.74 Å². The van der Waals surface area contributed by atoms with Gasteiger partial charge in [0.25, 0.3) is 5.56 Å². The van der Waals surface area contributed by atoms with Crippen molar-refractivity contribution in [1.29, 1.82) is 0 Å². The second-order valence-electron chi connectivity index (χ2n) is 4.07. The first-order valence-electron chi connectivity index (χ1n) is 5.30. The zero-order valence-corrected chi connectivity index (χ0v) is 10.7. The zero-order valence-electron chi connectivity index (χ0n) is 9.90. The molecular formula is C12H13ClN2O2. The van der Waals surface area contributed by atoms with Crippen LogP contribution in [-0.4, -0.2) is 16.5 Å². The van der Waals surface area contributed by atoms with Crippen LogP contribution in [0.25, 0.3) is 5.65 Å². The molecule has 0 saturated heterocycles. The molecule has 0 radical (unpaired) electrons. The van der Waals surface area contributed by atoms with Gasteiger partial charge in [-0.15, -0.1) is 0 Å². The van der Waals surface area contributed by atoms with Crippen molar-refractivity contribution in [3.8, 4) is 5.75 Å². The molecule has 0 amide bonds. The Morgan fingerprint density at radius 2 is 2.12 bits per heavy atom. The number of methoxy groups -OCH3 is 1. The standard InChI is InChI=1S/C12H13ClN2O2/c1-7(2)10-11(13)14-9-5-4-8(17-3)6-15(9)12(10)16/h4-7H,1-3H3. The van der Waals surface area contributed by atoms with Gasteiger partial charge in [-0.1, -0.05) is 25.4 Å². The molecule has 0 atom stereocenters. The van der Waals surface area contributed by atoms with Gasteiger partial charge in [-0.3, -0.25) is 9.20 Å². The average molecular weight is 253 g/mol. The van der Waals surface area contributed by atoms with Crippen LogP contribution in [0.15, 0.2) is 23.1 Å². The Bertz CT molecular complexity index is 620. The minimum atomic E-state index is -0.145. The fraction of sp³-hybridized carbons (Fsp3) is 0.333. The topological polar surface area (TPSA) is 43.6 Å². The largest absolute Gasteiger partial charge is 0.495 e. The van der Waals surface area contributed by atoms with Crippen LogP contribution in [0.1, 0.15) is 25.3 Å². The Balaban J connectivity index is 2.84. The summed E-state index contributed by atoms with van der Waals surface area (Å²) < 4.78 is 6.55. The highest BCUT2D eigenvalue weighted by Gasteiger charge is 2.14. The maximum atomic E-state index is 12.2. The molecule has 0 aliphatic rings. The van der Waals surface area contributed by atoms with E-state index in [1.165, 1.54) is 4.40 Å². The average Bonchev–Trinajstić information content (AvgIpc) is 2.28. The van der Waals surface area contributed by atoms with E-state index >= 15 is 0 Å². The first-order chi connectivity index (χ1) is 8.04. The lowest BCUT2D eigenvalue weighted by Crippen LogP contribution is -2.21. The summed E-state index contributed by atoms with van der Waals surface area (Å²) in [6.07, 6.45) is 1.62. The maximum absolute atomic E-state index is 12.2. The van der Waals surface area contributed by atoms with Crippen LogP contribution in [0.5, 0.6) is 5.75 Å². The summed E-state index contributed by atoms with van der Waals surface area (Å²) in [7, 11) is 1.55. The Morgan fingerprint density at radius 1 is 1.41 bits per heavy atom. The van der Waals surface area contributed by atoms with E-state index in [0.29, 0.717) is 17.0 Å². The summed E-state index contributed by atoms with van der Waals surface area (Å²) in [6, 6.07) is 3.45. The summed E-state index contributed by atoms with van der Waals surface area (Å²) in [4.78, 5) is 16.4. The molecule has 2 rings (SSSR count). The van der Waals surface area contributed by atoms with Gasteiger partial charge in [0.2, 0.25) is 0 Å². The van der Waals surface area contributed by atoms with Crippen molar-refractivity contribution in [2.75, 3.05) is 7.11 Å². The van der Waals surface area contributed by atoms with E-state index in [0.717, 1.165) is 0 Å². The first kappa shape index (κ1) is 11.9. The second kappa shape index (κ2) is 4.37. The Morgan fingerprint density at radius 3 is 2.71 bits per heavy atom. The normalized spacial score (nSPS) is 11.1. The second-order valence-corrected chi connectivity index (χ2v) is 4.43. The number of rotatable bonds is 2. The number of fused-ring (bicyclic) bond motifs is 1. The van der Waals surface area contributed by atoms with Crippen LogP contribution in [0.3, 0.4) is 0 Å². The molecule has 4 nitrogen and oxygen atoms in total. The van der Waals surface area contributed by atoms with Crippen LogP contribution < -0.4 is 10.3 Å². The molecule has 0 aromatic carbocycles. The highest BCUT2D eigenvalue weighted by molar-refractivity contribution is 6.30. The maximum Gasteiger partial charge on any atom is 0.262 e. The smallest absolute Gasteiger partial charge is 0.262 e. The Kier molecular flexibility index (Phi) is 3.07. The molecule has 0 N–H and O–H groups in total. The van der Waals surface area contributed by atoms with Gasteiger partial charge in [0.05, 0.1) is 18.9 Å². The molecule has 0 aliphatic heterocycles. The third kappa shape index (κ3) is 2.00. The molecular weight excluding hydrogens is 240 g/mol. The molecule has 0 unspecified atom stereocenters. The van der Waals surface area contributed by atoms with Gasteiger partial charge < -0.3 is 4.74 Å². The fourth-order valence-corrected chi connectivity index (χ4v) is 2.10. The van der Waals surface area contributed by atoms with Gasteiger partial charge in [0, 0.05) is 0 Å². The van der Waals surface area contributed by atoms with Gasteiger partial charge in [0.1, 0.15) is 16.5 Å². The number of halogens is 1. The van der Waals surface area contributed by atoms with Gasteiger partial charge >= 0.3 is 0 Å². The molecule has 0 aliphatic carbocycles. The van der Waals surface area contributed by atoms with E-state index in [2.05, 4.69) is 4.98 Å². The highest BCUT2D eigenvalue weighted by Crippen LogP contribution is 2.20. The number of ether oxygens (including phenoxy) is 1. The van der Waals surface area contributed by atoms with Gasteiger partial charge in [-0.2, -0.15) is 0 Å². The molecule has 0 saturated carbocycles.